The van der Waals surface area contributed by atoms with Gasteiger partial charge >= 0.3 is 0 Å². The van der Waals surface area contributed by atoms with Crippen molar-refractivity contribution in [1.29, 1.82) is 0 Å². The Hall–Kier alpha value is -1.10. The van der Waals surface area contributed by atoms with Crippen LogP contribution >= 0.6 is 39.1 Å². The van der Waals surface area contributed by atoms with Crippen molar-refractivity contribution in [3.8, 4) is 0 Å². The zero-order valence-corrected chi connectivity index (χ0v) is 13.7. The fourth-order valence-corrected chi connectivity index (χ4v) is 2.70. The molecule has 6 heteroatoms. The molecule has 2 aromatic rings. The number of hydrogen-bond donors (Lipinski definition) is 0. The third-order valence-corrected chi connectivity index (χ3v) is 3.55. The summed E-state index contributed by atoms with van der Waals surface area (Å²) in [7, 11) is 1.73. The Kier molecular flexibility index (Phi) is 5.02. The molecule has 20 heavy (non-hydrogen) atoms. The molecule has 3 nitrogen and oxygen atoms in total. The van der Waals surface area contributed by atoms with Gasteiger partial charge in [0, 0.05) is 23.6 Å². The first kappa shape index (κ1) is 15.3. The summed E-state index contributed by atoms with van der Waals surface area (Å²) in [6.45, 7) is 0.496. The van der Waals surface area contributed by atoms with Crippen LogP contribution in [0.4, 0.5) is 0 Å². The highest BCUT2D eigenvalue weighted by Gasteiger charge is 2.14. The number of nitrogens with zero attached hydrogens (tertiary/aromatic N) is 2. The Morgan fingerprint density at radius 1 is 1.25 bits per heavy atom. The lowest BCUT2D eigenvalue weighted by molar-refractivity contribution is 0.0785. The lowest BCUT2D eigenvalue weighted by Gasteiger charge is -2.17. The first-order valence-corrected chi connectivity index (χ1v) is 7.33. The number of carbonyl (C=O) groups excluding carboxylic acids is 1. The van der Waals surface area contributed by atoms with Gasteiger partial charge in [0.1, 0.15) is 10.3 Å². The Balaban J connectivity index is 2.16. The maximum absolute atomic E-state index is 12.3. The molecule has 1 amide bonds. The smallest absolute Gasteiger partial charge is 0.254 e. The molecule has 0 aliphatic heterocycles. The quantitative estimate of drug-likeness (QED) is 0.746. The molecule has 0 saturated carbocycles. The zero-order valence-electron chi connectivity index (χ0n) is 10.6. The van der Waals surface area contributed by atoms with Crippen LogP contribution < -0.4 is 0 Å². The second kappa shape index (κ2) is 6.57. The van der Waals surface area contributed by atoms with Crippen LogP contribution in [-0.4, -0.2) is 22.8 Å². The van der Waals surface area contributed by atoms with E-state index in [9.17, 15) is 4.79 Å². The first-order valence-electron chi connectivity index (χ1n) is 5.78. The Labute approximate surface area is 135 Å². The van der Waals surface area contributed by atoms with Gasteiger partial charge in [-0.15, -0.1) is 0 Å². The fraction of sp³-hybridized carbons (Fsp3) is 0.143. The molecule has 0 spiro atoms. The van der Waals surface area contributed by atoms with Crippen molar-refractivity contribution in [2.45, 2.75) is 6.54 Å². The van der Waals surface area contributed by atoms with E-state index in [0.29, 0.717) is 12.1 Å². The Bertz CT molecular complexity index is 629. The summed E-state index contributed by atoms with van der Waals surface area (Å²) < 4.78 is 0.978. The van der Waals surface area contributed by atoms with Crippen LogP contribution in [0.2, 0.25) is 10.3 Å². The predicted octanol–water partition coefficient (Wildman–Crippen LogP) is 4.42. The van der Waals surface area contributed by atoms with E-state index in [1.54, 1.807) is 11.9 Å². The summed E-state index contributed by atoms with van der Waals surface area (Å²) in [5, 5.41) is 0.411. The van der Waals surface area contributed by atoms with Crippen LogP contribution in [-0.2, 0) is 6.54 Å². The van der Waals surface area contributed by atoms with Gasteiger partial charge in [-0.2, -0.15) is 0 Å². The van der Waals surface area contributed by atoms with Crippen molar-refractivity contribution in [3.63, 3.8) is 0 Å². The number of hydrogen-bond acceptors (Lipinski definition) is 2. The van der Waals surface area contributed by atoms with E-state index >= 15 is 0 Å². The van der Waals surface area contributed by atoms with Crippen LogP contribution in [0.1, 0.15) is 15.9 Å². The second-order valence-electron chi connectivity index (χ2n) is 4.29. The largest absolute Gasteiger partial charge is 0.337 e. The third-order valence-electron chi connectivity index (χ3n) is 2.67. The van der Waals surface area contributed by atoms with Crippen LogP contribution in [0.25, 0.3) is 0 Å². The van der Waals surface area contributed by atoms with E-state index < -0.39 is 0 Å². The summed E-state index contributed by atoms with van der Waals surface area (Å²) in [6.07, 6.45) is 0. The van der Waals surface area contributed by atoms with E-state index in [1.807, 2.05) is 24.3 Å². The molecule has 0 atom stereocenters. The predicted molar refractivity (Wildman–Crippen MR) is 84.2 cm³/mol. The SMILES string of the molecule is CN(Cc1cccc(Br)c1)C(=O)c1cc(Cl)nc(Cl)c1. The normalized spacial score (nSPS) is 10.4. The molecule has 1 heterocycles. The van der Waals surface area contributed by atoms with Gasteiger partial charge in [0.25, 0.3) is 5.91 Å². The molecule has 0 fully saturated rings. The molecule has 0 radical (unpaired) electrons. The summed E-state index contributed by atoms with van der Waals surface area (Å²) >= 11 is 15.0. The lowest BCUT2D eigenvalue weighted by atomic mass is 10.2. The number of benzene rings is 1. The summed E-state index contributed by atoms with van der Waals surface area (Å²) in [6, 6.07) is 10.8. The molecule has 0 saturated heterocycles. The minimum Gasteiger partial charge on any atom is -0.337 e. The van der Waals surface area contributed by atoms with E-state index in [1.165, 1.54) is 12.1 Å². The van der Waals surface area contributed by atoms with E-state index in [4.69, 9.17) is 23.2 Å². The van der Waals surface area contributed by atoms with Gasteiger partial charge in [-0.25, -0.2) is 4.98 Å². The van der Waals surface area contributed by atoms with Gasteiger partial charge in [0.05, 0.1) is 0 Å². The number of amides is 1. The monoisotopic (exact) mass is 372 g/mol. The molecular formula is C14H11BrCl2N2O. The molecule has 0 N–H and O–H groups in total. The number of pyridine rings is 1. The van der Waals surface area contributed by atoms with Gasteiger partial charge in [0.15, 0.2) is 0 Å². The molecular weight excluding hydrogens is 363 g/mol. The van der Waals surface area contributed by atoms with Crippen LogP contribution in [0.3, 0.4) is 0 Å². The average Bonchev–Trinajstić information content (AvgIpc) is 2.36. The Morgan fingerprint density at radius 3 is 2.50 bits per heavy atom. The van der Waals surface area contributed by atoms with Crippen molar-refractivity contribution in [2.24, 2.45) is 0 Å². The Morgan fingerprint density at radius 2 is 1.90 bits per heavy atom. The highest BCUT2D eigenvalue weighted by molar-refractivity contribution is 9.10. The maximum Gasteiger partial charge on any atom is 0.254 e. The topological polar surface area (TPSA) is 33.2 Å². The average molecular weight is 374 g/mol. The van der Waals surface area contributed by atoms with Crippen molar-refractivity contribution in [1.82, 2.24) is 9.88 Å². The van der Waals surface area contributed by atoms with Crippen molar-refractivity contribution in [3.05, 3.63) is 62.3 Å². The van der Waals surface area contributed by atoms with Gasteiger partial charge in [-0.05, 0) is 29.8 Å². The van der Waals surface area contributed by atoms with Gasteiger partial charge in [0.2, 0.25) is 0 Å². The summed E-state index contributed by atoms with van der Waals surface area (Å²) in [5.74, 6) is -0.156. The number of aromatic nitrogens is 1. The number of rotatable bonds is 3. The minimum absolute atomic E-state index is 0.156. The molecule has 0 aliphatic carbocycles. The van der Waals surface area contributed by atoms with Crippen molar-refractivity contribution in [2.75, 3.05) is 7.05 Å². The van der Waals surface area contributed by atoms with Gasteiger partial charge in [-0.3, -0.25) is 4.79 Å². The molecule has 0 bridgehead atoms. The fourth-order valence-electron chi connectivity index (χ4n) is 1.79. The number of halogens is 3. The van der Waals surface area contributed by atoms with E-state index in [0.717, 1.165) is 10.0 Å². The lowest BCUT2D eigenvalue weighted by Crippen LogP contribution is -2.26. The van der Waals surface area contributed by atoms with Crippen molar-refractivity contribution < 1.29 is 4.79 Å². The number of carbonyl (C=O) groups is 1. The van der Waals surface area contributed by atoms with Crippen LogP contribution in [0.5, 0.6) is 0 Å². The molecule has 0 unspecified atom stereocenters. The third kappa shape index (κ3) is 3.95. The standard InChI is InChI=1S/C14H11BrCl2N2O/c1-19(8-9-3-2-4-11(15)5-9)14(20)10-6-12(16)18-13(17)7-10/h2-7H,8H2,1H3. The molecule has 1 aromatic carbocycles. The highest BCUT2D eigenvalue weighted by Crippen LogP contribution is 2.18. The molecule has 2 rings (SSSR count). The second-order valence-corrected chi connectivity index (χ2v) is 5.98. The zero-order chi connectivity index (χ0) is 14.7. The maximum atomic E-state index is 12.3. The summed E-state index contributed by atoms with van der Waals surface area (Å²) in [4.78, 5) is 17.7. The van der Waals surface area contributed by atoms with Crippen molar-refractivity contribution >= 4 is 45.0 Å². The van der Waals surface area contributed by atoms with E-state index in [2.05, 4.69) is 20.9 Å². The van der Waals surface area contributed by atoms with Gasteiger partial charge in [-0.1, -0.05) is 51.3 Å². The molecule has 0 aliphatic rings. The van der Waals surface area contributed by atoms with Crippen LogP contribution in [0, 0.1) is 0 Å². The minimum atomic E-state index is -0.156. The molecule has 1 aromatic heterocycles. The first-order chi connectivity index (χ1) is 9.45. The summed E-state index contributed by atoms with van der Waals surface area (Å²) in [5.41, 5.74) is 1.45. The van der Waals surface area contributed by atoms with Gasteiger partial charge < -0.3 is 4.90 Å². The molecule has 104 valence electrons. The highest BCUT2D eigenvalue weighted by atomic mass is 79.9. The van der Waals surface area contributed by atoms with Crippen LogP contribution in [0.15, 0.2) is 40.9 Å². The van der Waals surface area contributed by atoms with E-state index in [-0.39, 0.29) is 16.2 Å².